The van der Waals surface area contributed by atoms with Crippen molar-refractivity contribution in [1.82, 2.24) is 0 Å². The zero-order valence-electron chi connectivity index (χ0n) is 11.3. The van der Waals surface area contributed by atoms with Gasteiger partial charge in [0.05, 0.1) is 19.4 Å². The Hall–Kier alpha value is -2.32. The van der Waals surface area contributed by atoms with E-state index in [1.165, 1.54) is 14.2 Å². The normalized spacial score (nSPS) is 11.6. The van der Waals surface area contributed by atoms with E-state index in [-0.39, 0.29) is 12.5 Å². The van der Waals surface area contributed by atoms with Crippen LogP contribution in [0.25, 0.3) is 0 Å². The Morgan fingerprint density at radius 3 is 2.55 bits per heavy atom. The molecule has 8 nitrogen and oxygen atoms in total. The Bertz CT molecular complexity index is 492. The summed E-state index contributed by atoms with van der Waals surface area (Å²) in [5.74, 6) is -0.0218. The van der Waals surface area contributed by atoms with Crippen LogP contribution in [0.2, 0.25) is 0 Å². The summed E-state index contributed by atoms with van der Waals surface area (Å²) in [4.78, 5) is 22.5. The lowest BCUT2D eigenvalue weighted by molar-refractivity contribution is -0.118. The standard InChI is InChI=1S/C12H18N4O4/c1-19-6-8(13)11(17)15-7-3-4-9(16-12(14)18)10(5-7)20-2/h3-5,8H,6,13H2,1-2H3,(H,15,17)(H3,14,16,18). The molecule has 0 saturated carbocycles. The number of hydrogen-bond acceptors (Lipinski definition) is 5. The predicted molar refractivity (Wildman–Crippen MR) is 74.7 cm³/mol. The molecule has 0 radical (unpaired) electrons. The second kappa shape index (κ2) is 7.31. The second-order valence-electron chi connectivity index (χ2n) is 3.96. The number of methoxy groups -OCH3 is 2. The number of rotatable bonds is 6. The van der Waals surface area contributed by atoms with Gasteiger partial charge in [0.25, 0.3) is 0 Å². The fourth-order valence-corrected chi connectivity index (χ4v) is 1.50. The van der Waals surface area contributed by atoms with Crippen molar-refractivity contribution < 1.29 is 19.1 Å². The zero-order valence-corrected chi connectivity index (χ0v) is 11.3. The van der Waals surface area contributed by atoms with E-state index in [2.05, 4.69) is 10.6 Å². The summed E-state index contributed by atoms with van der Waals surface area (Å²) < 4.78 is 9.90. The second-order valence-corrected chi connectivity index (χ2v) is 3.96. The third-order valence-corrected chi connectivity index (χ3v) is 2.41. The number of nitrogens with two attached hydrogens (primary N) is 2. The van der Waals surface area contributed by atoms with Gasteiger partial charge in [-0.15, -0.1) is 0 Å². The summed E-state index contributed by atoms with van der Waals surface area (Å²) in [6, 6.07) is 3.21. The van der Waals surface area contributed by atoms with Gasteiger partial charge in [0, 0.05) is 18.9 Å². The van der Waals surface area contributed by atoms with Crippen LogP contribution in [0.4, 0.5) is 16.2 Å². The monoisotopic (exact) mass is 282 g/mol. The lowest BCUT2D eigenvalue weighted by atomic mass is 10.2. The molecule has 3 amide bonds. The van der Waals surface area contributed by atoms with Gasteiger partial charge in [0.1, 0.15) is 11.8 Å². The van der Waals surface area contributed by atoms with E-state index in [0.717, 1.165) is 0 Å². The molecule has 1 atom stereocenters. The number of carbonyl (C=O) groups is 2. The molecular formula is C12H18N4O4. The molecule has 110 valence electrons. The Kier molecular flexibility index (Phi) is 5.75. The molecule has 0 bridgehead atoms. The minimum atomic E-state index is -0.769. The Morgan fingerprint density at radius 2 is 2.00 bits per heavy atom. The zero-order chi connectivity index (χ0) is 15.1. The molecule has 0 aliphatic rings. The summed E-state index contributed by atoms with van der Waals surface area (Å²) in [5.41, 5.74) is 11.5. The summed E-state index contributed by atoms with van der Waals surface area (Å²) in [5, 5.41) is 5.02. The third-order valence-electron chi connectivity index (χ3n) is 2.41. The average molecular weight is 282 g/mol. The highest BCUT2D eigenvalue weighted by Crippen LogP contribution is 2.27. The summed E-state index contributed by atoms with van der Waals surface area (Å²) >= 11 is 0. The maximum absolute atomic E-state index is 11.7. The lowest BCUT2D eigenvalue weighted by Gasteiger charge is -2.14. The van der Waals surface area contributed by atoms with E-state index in [0.29, 0.717) is 17.1 Å². The molecule has 0 aromatic heterocycles. The van der Waals surface area contributed by atoms with Gasteiger partial charge in [-0.3, -0.25) is 4.79 Å². The minimum absolute atomic E-state index is 0.115. The Morgan fingerprint density at radius 1 is 1.30 bits per heavy atom. The van der Waals surface area contributed by atoms with E-state index < -0.39 is 12.1 Å². The highest BCUT2D eigenvalue weighted by atomic mass is 16.5. The van der Waals surface area contributed by atoms with Gasteiger partial charge in [-0.1, -0.05) is 0 Å². The number of carbonyl (C=O) groups excluding carboxylic acids is 2. The molecule has 1 rings (SSSR count). The van der Waals surface area contributed by atoms with Crippen LogP contribution in [0.3, 0.4) is 0 Å². The number of anilines is 2. The molecule has 20 heavy (non-hydrogen) atoms. The summed E-state index contributed by atoms with van der Waals surface area (Å²) in [6.07, 6.45) is 0. The average Bonchev–Trinajstić information content (AvgIpc) is 2.40. The van der Waals surface area contributed by atoms with Gasteiger partial charge >= 0.3 is 6.03 Å². The molecule has 1 unspecified atom stereocenters. The van der Waals surface area contributed by atoms with Gasteiger partial charge < -0.3 is 31.6 Å². The molecule has 0 saturated heterocycles. The van der Waals surface area contributed by atoms with Crippen molar-refractivity contribution in [1.29, 1.82) is 0 Å². The van der Waals surface area contributed by atoms with Gasteiger partial charge in [-0.05, 0) is 12.1 Å². The van der Waals surface area contributed by atoms with Crippen molar-refractivity contribution in [2.75, 3.05) is 31.5 Å². The highest BCUT2D eigenvalue weighted by Gasteiger charge is 2.14. The molecule has 0 spiro atoms. The predicted octanol–water partition coefficient (Wildman–Crippen LogP) is 0.0980. The van der Waals surface area contributed by atoms with E-state index in [1.807, 2.05) is 0 Å². The minimum Gasteiger partial charge on any atom is -0.494 e. The van der Waals surface area contributed by atoms with E-state index in [9.17, 15) is 9.59 Å². The number of amides is 3. The van der Waals surface area contributed by atoms with Crippen molar-refractivity contribution in [3.8, 4) is 5.75 Å². The molecule has 1 aromatic carbocycles. The number of nitrogens with one attached hydrogen (secondary N) is 2. The number of hydrogen-bond donors (Lipinski definition) is 4. The molecular weight excluding hydrogens is 264 g/mol. The Balaban J connectivity index is 2.82. The first-order chi connectivity index (χ1) is 9.47. The molecule has 1 aromatic rings. The van der Waals surface area contributed by atoms with Crippen LogP contribution in [0.15, 0.2) is 18.2 Å². The largest absolute Gasteiger partial charge is 0.494 e. The third kappa shape index (κ3) is 4.41. The number of urea groups is 1. The maximum Gasteiger partial charge on any atom is 0.316 e. The molecule has 0 fully saturated rings. The maximum atomic E-state index is 11.7. The highest BCUT2D eigenvalue weighted by molar-refractivity contribution is 5.96. The fraction of sp³-hybridized carbons (Fsp3) is 0.333. The van der Waals surface area contributed by atoms with Gasteiger partial charge in [-0.2, -0.15) is 0 Å². The number of ether oxygens (including phenoxy) is 2. The van der Waals surface area contributed by atoms with E-state index >= 15 is 0 Å². The van der Waals surface area contributed by atoms with Crippen LogP contribution < -0.4 is 26.8 Å². The first-order valence-electron chi connectivity index (χ1n) is 5.77. The van der Waals surface area contributed by atoms with Gasteiger partial charge in [0.2, 0.25) is 5.91 Å². The van der Waals surface area contributed by atoms with Gasteiger partial charge in [0.15, 0.2) is 0 Å². The van der Waals surface area contributed by atoms with E-state index in [1.54, 1.807) is 18.2 Å². The van der Waals surface area contributed by atoms with Crippen molar-refractivity contribution in [2.45, 2.75) is 6.04 Å². The van der Waals surface area contributed by atoms with Crippen LogP contribution in [0.1, 0.15) is 0 Å². The van der Waals surface area contributed by atoms with Crippen molar-refractivity contribution in [3.05, 3.63) is 18.2 Å². The molecule has 0 aliphatic carbocycles. The first kappa shape index (κ1) is 15.7. The van der Waals surface area contributed by atoms with Crippen LogP contribution in [0.5, 0.6) is 5.75 Å². The van der Waals surface area contributed by atoms with Crippen LogP contribution >= 0.6 is 0 Å². The number of primary amides is 1. The summed E-state index contributed by atoms with van der Waals surface area (Å²) in [7, 11) is 2.89. The van der Waals surface area contributed by atoms with Crippen LogP contribution in [-0.2, 0) is 9.53 Å². The van der Waals surface area contributed by atoms with Crippen molar-refractivity contribution in [3.63, 3.8) is 0 Å². The topological polar surface area (TPSA) is 129 Å². The molecule has 6 N–H and O–H groups in total. The molecule has 0 heterocycles. The van der Waals surface area contributed by atoms with Crippen molar-refractivity contribution >= 4 is 23.3 Å². The lowest BCUT2D eigenvalue weighted by Crippen LogP contribution is -2.39. The fourth-order valence-electron chi connectivity index (χ4n) is 1.50. The first-order valence-corrected chi connectivity index (χ1v) is 5.77. The Labute approximate surface area is 116 Å². The summed E-state index contributed by atoms with van der Waals surface area (Å²) in [6.45, 7) is 0.115. The van der Waals surface area contributed by atoms with Gasteiger partial charge in [-0.25, -0.2) is 4.79 Å². The van der Waals surface area contributed by atoms with Crippen LogP contribution in [0, 0.1) is 0 Å². The smallest absolute Gasteiger partial charge is 0.316 e. The van der Waals surface area contributed by atoms with E-state index in [4.69, 9.17) is 20.9 Å². The quantitative estimate of drug-likeness (QED) is 0.588. The van der Waals surface area contributed by atoms with Crippen molar-refractivity contribution in [2.24, 2.45) is 11.5 Å². The molecule has 8 heteroatoms. The number of benzene rings is 1. The SMILES string of the molecule is COCC(N)C(=O)Nc1ccc(NC(N)=O)c(OC)c1. The molecule has 0 aliphatic heterocycles. The van der Waals surface area contributed by atoms with Crippen LogP contribution in [-0.4, -0.2) is 38.8 Å².